The lowest BCUT2D eigenvalue weighted by Crippen LogP contribution is -2.05. The third kappa shape index (κ3) is 2.28. The molecule has 0 amide bonds. The Kier molecular flexibility index (Phi) is 3.09. The Hall–Kier alpha value is 0.130. The predicted molar refractivity (Wildman–Crippen MR) is 54.6 cm³/mol. The summed E-state index contributed by atoms with van der Waals surface area (Å²) in [5.41, 5.74) is 6.66. The van der Waals surface area contributed by atoms with Crippen LogP contribution in [-0.4, -0.2) is 4.98 Å². The van der Waals surface area contributed by atoms with Gasteiger partial charge in [0, 0.05) is 12.2 Å². The fraction of sp³-hybridized carbons (Fsp3) is 0.286. The lowest BCUT2D eigenvalue weighted by molar-refractivity contribution is 0.810. The van der Waals surface area contributed by atoms with Gasteiger partial charge in [0.05, 0.1) is 3.57 Å². The fourth-order valence-electron chi connectivity index (χ4n) is 0.685. The second-order valence-electron chi connectivity index (χ2n) is 2.33. The van der Waals surface area contributed by atoms with Gasteiger partial charge in [-0.3, -0.25) is 0 Å². The van der Waals surface area contributed by atoms with Crippen molar-refractivity contribution in [3.63, 3.8) is 0 Å². The standard InChI is InChI=1S/C7H8ClIN2/c1-4(10)5-2-6(9)7(8)11-3-5/h2-4H,10H2,1H3. The molecule has 0 aromatic carbocycles. The topological polar surface area (TPSA) is 38.9 Å². The second kappa shape index (κ2) is 3.69. The Labute approximate surface area is 84.3 Å². The lowest BCUT2D eigenvalue weighted by atomic mass is 10.2. The monoisotopic (exact) mass is 282 g/mol. The van der Waals surface area contributed by atoms with Crippen LogP contribution in [0.5, 0.6) is 0 Å². The second-order valence-corrected chi connectivity index (χ2v) is 3.85. The molecule has 60 valence electrons. The quantitative estimate of drug-likeness (QED) is 0.634. The molecule has 1 unspecified atom stereocenters. The molecule has 0 aliphatic heterocycles. The molecule has 11 heavy (non-hydrogen) atoms. The van der Waals surface area contributed by atoms with Gasteiger partial charge in [0.2, 0.25) is 0 Å². The van der Waals surface area contributed by atoms with E-state index in [2.05, 4.69) is 27.6 Å². The Bertz CT molecular complexity index is 263. The maximum Gasteiger partial charge on any atom is 0.142 e. The molecule has 1 aromatic heterocycles. The van der Waals surface area contributed by atoms with E-state index in [4.69, 9.17) is 17.3 Å². The Morgan fingerprint density at radius 1 is 1.73 bits per heavy atom. The van der Waals surface area contributed by atoms with Gasteiger partial charge in [0.25, 0.3) is 0 Å². The minimum atomic E-state index is 0.0216. The van der Waals surface area contributed by atoms with Gasteiger partial charge in [-0.05, 0) is 41.1 Å². The van der Waals surface area contributed by atoms with Crippen LogP contribution < -0.4 is 5.73 Å². The molecule has 1 rings (SSSR count). The number of nitrogens with two attached hydrogens (primary N) is 1. The average molecular weight is 283 g/mol. The van der Waals surface area contributed by atoms with Crippen molar-refractivity contribution in [3.8, 4) is 0 Å². The number of nitrogens with zero attached hydrogens (tertiary/aromatic N) is 1. The van der Waals surface area contributed by atoms with Crippen molar-refractivity contribution in [2.75, 3.05) is 0 Å². The zero-order chi connectivity index (χ0) is 8.43. The number of hydrogen-bond acceptors (Lipinski definition) is 2. The molecule has 4 heteroatoms. The molecule has 0 bridgehead atoms. The Balaban J connectivity index is 3.05. The van der Waals surface area contributed by atoms with Crippen molar-refractivity contribution < 1.29 is 0 Å². The normalized spacial score (nSPS) is 13.1. The van der Waals surface area contributed by atoms with E-state index in [0.29, 0.717) is 5.15 Å². The summed E-state index contributed by atoms with van der Waals surface area (Å²) in [7, 11) is 0. The minimum Gasteiger partial charge on any atom is -0.324 e. The number of rotatable bonds is 1. The fourth-order valence-corrected chi connectivity index (χ4v) is 1.29. The summed E-state index contributed by atoms with van der Waals surface area (Å²) in [5, 5.41) is 0.537. The molecule has 2 nitrogen and oxygen atoms in total. The van der Waals surface area contributed by atoms with Crippen LogP contribution in [-0.2, 0) is 0 Å². The first kappa shape index (κ1) is 9.22. The van der Waals surface area contributed by atoms with Crippen molar-refractivity contribution in [1.29, 1.82) is 0 Å². The van der Waals surface area contributed by atoms with Gasteiger partial charge in [0.1, 0.15) is 5.15 Å². The van der Waals surface area contributed by atoms with E-state index >= 15 is 0 Å². The van der Waals surface area contributed by atoms with Gasteiger partial charge in [-0.2, -0.15) is 0 Å². The van der Waals surface area contributed by atoms with Gasteiger partial charge in [-0.15, -0.1) is 0 Å². The van der Waals surface area contributed by atoms with Crippen LogP contribution in [0.1, 0.15) is 18.5 Å². The number of halogens is 2. The smallest absolute Gasteiger partial charge is 0.142 e. The van der Waals surface area contributed by atoms with Crippen molar-refractivity contribution in [2.24, 2.45) is 5.73 Å². The summed E-state index contributed by atoms with van der Waals surface area (Å²) in [6.07, 6.45) is 1.70. The molecule has 1 atom stereocenters. The summed E-state index contributed by atoms with van der Waals surface area (Å²) in [6, 6.07) is 1.97. The zero-order valence-corrected chi connectivity index (χ0v) is 8.93. The van der Waals surface area contributed by atoms with Crippen molar-refractivity contribution >= 4 is 34.2 Å². The first-order valence-corrected chi connectivity index (χ1v) is 4.63. The molecule has 0 aliphatic carbocycles. The SMILES string of the molecule is CC(N)c1cnc(Cl)c(I)c1. The molecule has 1 heterocycles. The van der Waals surface area contributed by atoms with Crippen molar-refractivity contribution in [3.05, 3.63) is 26.5 Å². The van der Waals surface area contributed by atoms with Gasteiger partial charge >= 0.3 is 0 Å². The van der Waals surface area contributed by atoms with Crippen LogP contribution in [0.15, 0.2) is 12.3 Å². The Morgan fingerprint density at radius 3 is 2.82 bits per heavy atom. The van der Waals surface area contributed by atoms with Crippen molar-refractivity contribution in [1.82, 2.24) is 4.98 Å². The van der Waals surface area contributed by atoms with E-state index < -0.39 is 0 Å². The molecule has 1 aromatic rings. The van der Waals surface area contributed by atoms with Gasteiger partial charge in [0.15, 0.2) is 0 Å². The first-order valence-electron chi connectivity index (χ1n) is 3.18. The molecular formula is C7H8ClIN2. The van der Waals surface area contributed by atoms with Gasteiger partial charge in [-0.1, -0.05) is 11.6 Å². The highest BCUT2D eigenvalue weighted by molar-refractivity contribution is 14.1. The molecule has 2 N–H and O–H groups in total. The van der Waals surface area contributed by atoms with Crippen molar-refractivity contribution in [2.45, 2.75) is 13.0 Å². The molecular weight excluding hydrogens is 274 g/mol. The van der Waals surface area contributed by atoms with E-state index in [-0.39, 0.29) is 6.04 Å². The van der Waals surface area contributed by atoms with Crippen LogP contribution in [0.4, 0.5) is 0 Å². The lowest BCUT2D eigenvalue weighted by Gasteiger charge is -2.04. The van der Waals surface area contributed by atoms with Crippen LogP contribution >= 0.6 is 34.2 Å². The van der Waals surface area contributed by atoms with E-state index in [0.717, 1.165) is 9.13 Å². The van der Waals surface area contributed by atoms with Gasteiger partial charge < -0.3 is 5.73 Å². The van der Waals surface area contributed by atoms with Gasteiger partial charge in [-0.25, -0.2) is 4.98 Å². The molecule has 0 fully saturated rings. The summed E-state index contributed by atoms with van der Waals surface area (Å²) < 4.78 is 0.944. The summed E-state index contributed by atoms with van der Waals surface area (Å²) in [4.78, 5) is 3.98. The van der Waals surface area contributed by atoms with Crippen LogP contribution in [0, 0.1) is 3.57 Å². The third-order valence-electron chi connectivity index (χ3n) is 1.34. The molecule has 0 spiro atoms. The molecule has 0 saturated heterocycles. The summed E-state index contributed by atoms with van der Waals surface area (Å²) in [5.74, 6) is 0. The highest BCUT2D eigenvalue weighted by Gasteiger charge is 2.02. The van der Waals surface area contributed by atoms with E-state index in [1.54, 1.807) is 6.20 Å². The minimum absolute atomic E-state index is 0.0216. The molecule has 0 radical (unpaired) electrons. The van der Waals surface area contributed by atoms with Crippen LogP contribution in [0.3, 0.4) is 0 Å². The molecule has 0 aliphatic rings. The Morgan fingerprint density at radius 2 is 2.36 bits per heavy atom. The van der Waals surface area contributed by atoms with E-state index in [1.165, 1.54) is 0 Å². The van der Waals surface area contributed by atoms with Crippen LogP contribution in [0.2, 0.25) is 5.15 Å². The molecule has 0 saturated carbocycles. The van der Waals surface area contributed by atoms with E-state index in [9.17, 15) is 0 Å². The highest BCUT2D eigenvalue weighted by atomic mass is 127. The predicted octanol–water partition coefficient (Wildman–Crippen LogP) is 2.36. The highest BCUT2D eigenvalue weighted by Crippen LogP contribution is 2.18. The number of aromatic nitrogens is 1. The third-order valence-corrected chi connectivity index (χ3v) is 2.79. The largest absolute Gasteiger partial charge is 0.324 e. The maximum atomic E-state index is 5.73. The number of hydrogen-bond donors (Lipinski definition) is 1. The maximum absolute atomic E-state index is 5.73. The first-order chi connectivity index (χ1) is 5.11. The van der Waals surface area contributed by atoms with Crippen LogP contribution in [0.25, 0.3) is 0 Å². The summed E-state index contributed by atoms with van der Waals surface area (Å²) in [6.45, 7) is 1.92. The summed E-state index contributed by atoms with van der Waals surface area (Å²) >= 11 is 7.86. The average Bonchev–Trinajstić information content (AvgIpc) is 1.94. The van der Waals surface area contributed by atoms with E-state index in [1.807, 2.05) is 13.0 Å². The number of pyridine rings is 1. The zero-order valence-electron chi connectivity index (χ0n) is 6.01.